The van der Waals surface area contributed by atoms with Gasteiger partial charge in [0.15, 0.2) is 0 Å². The van der Waals surface area contributed by atoms with Crippen LogP contribution in [-0.2, 0) is 12.4 Å². The van der Waals surface area contributed by atoms with E-state index in [1.54, 1.807) is 37.3 Å². The fourth-order valence-electron chi connectivity index (χ4n) is 3.48. The summed E-state index contributed by atoms with van der Waals surface area (Å²) in [7, 11) is 0. The van der Waals surface area contributed by atoms with E-state index in [0.717, 1.165) is 0 Å². The maximum atomic E-state index is 13.2. The minimum Gasteiger partial charge on any atom is -0.268 e. The molecule has 0 spiro atoms. The van der Waals surface area contributed by atoms with Crippen molar-refractivity contribution in [3.8, 4) is 16.8 Å². The van der Waals surface area contributed by atoms with Gasteiger partial charge in [0.1, 0.15) is 5.82 Å². The molecule has 3 aromatic carbocycles. The number of rotatable bonds is 2. The molecule has 0 atom stereocenters. The van der Waals surface area contributed by atoms with Crippen molar-refractivity contribution in [1.82, 2.24) is 9.55 Å². The van der Waals surface area contributed by atoms with Gasteiger partial charge in [0, 0.05) is 0 Å². The van der Waals surface area contributed by atoms with Crippen molar-refractivity contribution in [1.29, 1.82) is 0 Å². The first-order valence-corrected chi connectivity index (χ1v) is 9.34. The van der Waals surface area contributed by atoms with E-state index in [2.05, 4.69) is 4.98 Å². The average Bonchev–Trinajstić information content (AvgIpc) is 2.73. The van der Waals surface area contributed by atoms with Gasteiger partial charge in [-0.25, -0.2) is 4.98 Å². The van der Waals surface area contributed by atoms with Gasteiger partial charge in [0.25, 0.3) is 5.56 Å². The van der Waals surface area contributed by atoms with E-state index < -0.39 is 29.0 Å². The first-order valence-electron chi connectivity index (χ1n) is 9.34. The van der Waals surface area contributed by atoms with Crippen LogP contribution in [0.4, 0.5) is 26.3 Å². The van der Waals surface area contributed by atoms with E-state index in [4.69, 9.17) is 0 Å². The van der Waals surface area contributed by atoms with E-state index >= 15 is 0 Å². The molecule has 9 heteroatoms. The molecule has 3 nitrogen and oxygen atoms in total. The minimum absolute atomic E-state index is 0.0384. The predicted octanol–water partition coefficient (Wildman–Crippen LogP) is 6.40. The molecule has 1 aromatic heterocycles. The fraction of sp³-hybridized carbons (Fsp3) is 0.130. The normalized spacial score (nSPS) is 12.3. The molecule has 0 unspecified atom stereocenters. The van der Waals surface area contributed by atoms with Crippen molar-refractivity contribution in [2.75, 3.05) is 0 Å². The number of hydrogen-bond acceptors (Lipinski definition) is 2. The van der Waals surface area contributed by atoms with Crippen LogP contribution in [0.2, 0.25) is 0 Å². The van der Waals surface area contributed by atoms with Crippen LogP contribution in [0.3, 0.4) is 0 Å². The molecule has 0 aliphatic heterocycles. The Kier molecular flexibility index (Phi) is 5.07. The number of benzene rings is 3. The Hall–Kier alpha value is -3.62. The second-order valence-corrected chi connectivity index (χ2v) is 7.16. The zero-order valence-corrected chi connectivity index (χ0v) is 16.4. The zero-order chi connectivity index (χ0) is 23.3. The van der Waals surface area contributed by atoms with Gasteiger partial charge in [-0.2, -0.15) is 26.3 Å². The van der Waals surface area contributed by atoms with Crippen molar-refractivity contribution in [3.05, 3.63) is 94.0 Å². The number of fused-ring (bicyclic) bond motifs is 1. The molecular weight excluding hydrogens is 434 g/mol. The van der Waals surface area contributed by atoms with Crippen LogP contribution in [0.25, 0.3) is 27.7 Å². The molecule has 0 saturated carbocycles. The summed E-state index contributed by atoms with van der Waals surface area (Å²) in [4.78, 5) is 17.5. The van der Waals surface area contributed by atoms with Crippen LogP contribution in [0, 0.1) is 6.92 Å². The van der Waals surface area contributed by atoms with Crippen molar-refractivity contribution in [3.63, 3.8) is 0 Å². The number of hydrogen-bond donors (Lipinski definition) is 0. The van der Waals surface area contributed by atoms with Crippen LogP contribution in [0.1, 0.15) is 17.0 Å². The Bertz CT molecular complexity index is 1340. The summed E-state index contributed by atoms with van der Waals surface area (Å²) in [5, 5.41) is 0.0722. The largest absolute Gasteiger partial charge is 0.416 e. The quantitative estimate of drug-likeness (QED) is 0.333. The van der Waals surface area contributed by atoms with Crippen molar-refractivity contribution < 1.29 is 26.3 Å². The number of nitrogens with zero attached hydrogens (tertiary/aromatic N) is 2. The monoisotopic (exact) mass is 448 g/mol. The number of aryl methyl sites for hydroxylation is 1. The minimum atomic E-state index is -4.97. The Morgan fingerprint density at radius 3 is 1.91 bits per heavy atom. The summed E-state index contributed by atoms with van der Waals surface area (Å²) < 4.78 is 80.7. The lowest BCUT2D eigenvalue weighted by atomic mass is 9.98. The average molecular weight is 448 g/mol. The van der Waals surface area contributed by atoms with Crippen LogP contribution >= 0.6 is 0 Å². The highest BCUT2D eigenvalue weighted by Crippen LogP contribution is 2.38. The maximum absolute atomic E-state index is 13.2. The van der Waals surface area contributed by atoms with Gasteiger partial charge in [-0.05, 0) is 60.5 Å². The molecule has 0 saturated heterocycles. The molecule has 4 rings (SSSR count). The highest BCUT2D eigenvalue weighted by Gasteiger charge is 2.37. The van der Waals surface area contributed by atoms with Crippen LogP contribution in [-0.4, -0.2) is 9.55 Å². The number of halogens is 6. The highest BCUT2D eigenvalue weighted by atomic mass is 19.4. The van der Waals surface area contributed by atoms with Gasteiger partial charge in [-0.3, -0.25) is 9.36 Å². The molecule has 0 amide bonds. The van der Waals surface area contributed by atoms with Crippen molar-refractivity contribution >= 4 is 10.9 Å². The van der Waals surface area contributed by atoms with Gasteiger partial charge >= 0.3 is 12.4 Å². The van der Waals surface area contributed by atoms with E-state index in [-0.39, 0.29) is 28.1 Å². The number of alkyl halides is 6. The summed E-state index contributed by atoms with van der Waals surface area (Å²) in [5.41, 5.74) is -2.78. The second-order valence-electron chi connectivity index (χ2n) is 7.16. The number of aromatic nitrogens is 2. The summed E-state index contributed by atoms with van der Waals surface area (Å²) in [6.07, 6.45) is -9.93. The molecular formula is C23H14F6N2O. The summed E-state index contributed by atoms with van der Waals surface area (Å²) in [5.74, 6) is 0.389. The summed E-state index contributed by atoms with van der Waals surface area (Å²) in [6.45, 7) is 1.63. The molecule has 0 N–H and O–H groups in total. The summed E-state index contributed by atoms with van der Waals surface area (Å²) in [6, 6.07) is 13.9. The lowest BCUT2D eigenvalue weighted by Gasteiger charge is -2.15. The van der Waals surface area contributed by atoms with E-state index in [1.165, 1.54) is 22.8 Å². The lowest BCUT2D eigenvalue weighted by Crippen LogP contribution is -2.22. The Morgan fingerprint density at radius 2 is 1.34 bits per heavy atom. The molecule has 0 aliphatic carbocycles. The molecule has 0 fully saturated rings. The third-order valence-corrected chi connectivity index (χ3v) is 4.97. The van der Waals surface area contributed by atoms with Gasteiger partial charge in [-0.1, -0.05) is 24.3 Å². The first-order chi connectivity index (χ1) is 14.9. The zero-order valence-electron chi connectivity index (χ0n) is 16.4. The Labute approximate surface area is 177 Å². The standard InChI is InChI=1S/C23H14F6N2O/c1-13-30-20-8-7-14(11-19(20)21(32)31(13)18-5-3-2-4-6-18)15-9-16(22(24,25)26)12-17(10-15)23(27,28)29/h2-12H,1H3. The van der Waals surface area contributed by atoms with Crippen LogP contribution in [0.15, 0.2) is 71.5 Å². The Balaban J connectivity index is 1.96. The van der Waals surface area contributed by atoms with Crippen LogP contribution in [0.5, 0.6) is 0 Å². The van der Waals surface area contributed by atoms with Gasteiger partial charge in [0.05, 0.1) is 27.7 Å². The smallest absolute Gasteiger partial charge is 0.268 e. The third-order valence-electron chi connectivity index (χ3n) is 4.97. The topological polar surface area (TPSA) is 34.9 Å². The molecule has 0 aliphatic rings. The highest BCUT2D eigenvalue weighted by molar-refractivity contribution is 5.84. The number of para-hydroxylation sites is 1. The second kappa shape index (κ2) is 7.51. The van der Waals surface area contributed by atoms with Crippen molar-refractivity contribution in [2.45, 2.75) is 19.3 Å². The molecule has 0 bridgehead atoms. The first kappa shape index (κ1) is 21.6. The maximum Gasteiger partial charge on any atom is 0.416 e. The lowest BCUT2D eigenvalue weighted by molar-refractivity contribution is -0.143. The van der Waals surface area contributed by atoms with E-state index in [1.807, 2.05) is 0 Å². The SMILES string of the molecule is Cc1nc2ccc(-c3cc(C(F)(F)F)cc(C(F)(F)F)c3)cc2c(=O)n1-c1ccccc1. The van der Waals surface area contributed by atoms with E-state index in [0.29, 0.717) is 23.6 Å². The molecule has 1 heterocycles. The van der Waals surface area contributed by atoms with Crippen LogP contribution < -0.4 is 5.56 Å². The molecule has 164 valence electrons. The fourth-order valence-corrected chi connectivity index (χ4v) is 3.48. The third kappa shape index (κ3) is 3.98. The molecule has 32 heavy (non-hydrogen) atoms. The molecule has 4 aromatic rings. The Morgan fingerprint density at radius 1 is 0.750 bits per heavy atom. The molecule has 0 radical (unpaired) electrons. The van der Waals surface area contributed by atoms with E-state index in [9.17, 15) is 31.1 Å². The van der Waals surface area contributed by atoms with Gasteiger partial charge < -0.3 is 0 Å². The van der Waals surface area contributed by atoms with Gasteiger partial charge in [0.2, 0.25) is 0 Å². The van der Waals surface area contributed by atoms with Gasteiger partial charge in [-0.15, -0.1) is 0 Å². The van der Waals surface area contributed by atoms with Crippen molar-refractivity contribution in [2.24, 2.45) is 0 Å². The summed E-state index contributed by atoms with van der Waals surface area (Å²) >= 11 is 0. The predicted molar refractivity (Wildman–Crippen MR) is 108 cm³/mol.